The Morgan fingerprint density at radius 1 is 0.889 bits per heavy atom. The van der Waals surface area contributed by atoms with Gasteiger partial charge in [0, 0.05) is 26.2 Å². The van der Waals surface area contributed by atoms with E-state index in [-0.39, 0.29) is 18.0 Å². The average Bonchev–Trinajstić information content (AvgIpc) is 2.96. The molecular weight excluding hydrogens is 586 g/mol. The van der Waals surface area contributed by atoms with Gasteiger partial charge in [-0.05, 0) is 43.4 Å². The van der Waals surface area contributed by atoms with Gasteiger partial charge in [-0.3, -0.25) is 19.2 Å². The minimum Gasteiger partial charge on any atom is -0.508 e. The zero-order chi connectivity index (χ0) is 33.8. The third kappa shape index (κ3) is 15.5. The maximum atomic E-state index is 13.4. The molecule has 0 aromatic heterocycles. The van der Waals surface area contributed by atoms with Crippen LogP contribution in [-0.2, 0) is 39.9 Å². The van der Waals surface area contributed by atoms with E-state index in [4.69, 9.17) is 0 Å². The van der Waals surface area contributed by atoms with Gasteiger partial charge < -0.3 is 30.5 Å². The summed E-state index contributed by atoms with van der Waals surface area (Å²) in [5, 5.41) is 41.8. The van der Waals surface area contributed by atoms with Crippen molar-refractivity contribution in [1.29, 1.82) is 0 Å². The lowest BCUT2D eigenvalue weighted by Crippen LogP contribution is -2.55. The van der Waals surface area contributed by atoms with Gasteiger partial charge in [-0.2, -0.15) is 0 Å². The molecule has 0 radical (unpaired) electrons. The number of carboxylic acid groups (broad SMARTS) is 2. The zero-order valence-electron chi connectivity index (χ0n) is 26.2. The highest BCUT2D eigenvalue weighted by molar-refractivity contribution is 5.96. The first-order valence-electron chi connectivity index (χ1n) is 15.5. The van der Waals surface area contributed by atoms with Gasteiger partial charge in [0.05, 0.1) is 12.3 Å². The van der Waals surface area contributed by atoms with Crippen molar-refractivity contribution >= 4 is 35.6 Å². The van der Waals surface area contributed by atoms with E-state index in [1.807, 2.05) is 0 Å². The Morgan fingerprint density at radius 2 is 1.47 bits per heavy atom. The molecule has 0 saturated carbocycles. The quantitative estimate of drug-likeness (QED) is 0.0499. The number of benzene rings is 1. The second kappa shape index (κ2) is 20.8. The first-order chi connectivity index (χ1) is 21.3. The van der Waals surface area contributed by atoms with Gasteiger partial charge in [0.25, 0.3) is 0 Å². The SMILES string of the molecule is CCCCCCCC(=O)CCCCCC/C=C/[C@H](C(=O)N[C@@H](Cc1ccc(O)cc1)C(=O)OC(C)=O)[C@@](O)(CC(=O)O)C(=O)O. The monoisotopic (exact) mass is 633 g/mol. The van der Waals surface area contributed by atoms with Crippen LogP contribution in [0.1, 0.15) is 103 Å². The molecule has 0 aliphatic rings. The lowest BCUT2D eigenvalue weighted by Gasteiger charge is -2.29. The van der Waals surface area contributed by atoms with Gasteiger partial charge in [-0.25, -0.2) is 9.59 Å². The van der Waals surface area contributed by atoms with Crippen molar-refractivity contribution in [3.05, 3.63) is 42.0 Å². The summed E-state index contributed by atoms with van der Waals surface area (Å²) in [7, 11) is 0. The van der Waals surface area contributed by atoms with Crippen molar-refractivity contribution in [2.45, 2.75) is 115 Å². The third-order valence-corrected chi connectivity index (χ3v) is 7.27. The van der Waals surface area contributed by atoms with Gasteiger partial charge in [0.1, 0.15) is 17.6 Å². The summed E-state index contributed by atoms with van der Waals surface area (Å²) >= 11 is 0. The number of Topliss-reactive ketones (excluding diaryl/α,β-unsaturated/α-hetero) is 1. The summed E-state index contributed by atoms with van der Waals surface area (Å²) in [5.41, 5.74) is -2.62. The molecule has 12 nitrogen and oxygen atoms in total. The Bertz CT molecular complexity index is 1160. The number of carbonyl (C=O) groups excluding carboxylic acids is 4. The van der Waals surface area contributed by atoms with E-state index in [1.54, 1.807) is 0 Å². The summed E-state index contributed by atoms with van der Waals surface area (Å²) in [6.07, 6.45) is 10.9. The molecule has 12 heteroatoms. The predicted octanol–water partition coefficient (Wildman–Crippen LogP) is 4.24. The summed E-state index contributed by atoms with van der Waals surface area (Å²) in [4.78, 5) is 73.0. The number of nitrogens with one attached hydrogen (secondary N) is 1. The van der Waals surface area contributed by atoms with Crippen molar-refractivity contribution < 1.29 is 53.9 Å². The fraction of sp³-hybridized carbons (Fsp3) is 0.576. The minimum absolute atomic E-state index is 0.0577. The number of amides is 1. The third-order valence-electron chi connectivity index (χ3n) is 7.27. The first kappa shape index (κ1) is 39.0. The molecule has 0 spiro atoms. The number of ether oxygens (including phenoxy) is 1. The van der Waals surface area contributed by atoms with Crippen LogP contribution in [0.3, 0.4) is 0 Å². The number of phenols is 1. The molecule has 0 unspecified atom stereocenters. The van der Waals surface area contributed by atoms with E-state index in [2.05, 4.69) is 17.0 Å². The molecule has 45 heavy (non-hydrogen) atoms. The number of hydrogen-bond acceptors (Lipinski definition) is 9. The van der Waals surface area contributed by atoms with Gasteiger partial charge in [-0.1, -0.05) is 69.7 Å². The largest absolute Gasteiger partial charge is 0.508 e. The van der Waals surface area contributed by atoms with Gasteiger partial charge in [-0.15, -0.1) is 0 Å². The topological polar surface area (TPSA) is 205 Å². The average molecular weight is 634 g/mol. The van der Waals surface area contributed by atoms with E-state index in [0.29, 0.717) is 31.2 Å². The van der Waals surface area contributed by atoms with E-state index in [9.17, 15) is 49.2 Å². The molecule has 0 aliphatic carbocycles. The summed E-state index contributed by atoms with van der Waals surface area (Å²) in [6.45, 7) is 3.12. The number of allylic oxidation sites excluding steroid dienone is 1. The Morgan fingerprint density at radius 3 is 2.00 bits per heavy atom. The number of carbonyl (C=O) groups is 6. The van der Waals surface area contributed by atoms with Crippen LogP contribution in [0.5, 0.6) is 5.75 Å². The molecule has 0 aliphatic heterocycles. The van der Waals surface area contributed by atoms with E-state index >= 15 is 0 Å². The zero-order valence-corrected chi connectivity index (χ0v) is 26.2. The number of aliphatic hydroxyl groups is 1. The molecule has 1 aromatic carbocycles. The lowest BCUT2D eigenvalue weighted by molar-refractivity contribution is -0.172. The number of aliphatic carboxylic acids is 2. The van der Waals surface area contributed by atoms with Crippen molar-refractivity contribution in [2.24, 2.45) is 5.92 Å². The normalized spacial score (nSPS) is 13.8. The van der Waals surface area contributed by atoms with Crippen molar-refractivity contribution in [2.75, 3.05) is 0 Å². The molecule has 0 bridgehead atoms. The molecular formula is C33H47NO11. The number of esters is 2. The molecule has 0 saturated heterocycles. The number of aromatic hydroxyl groups is 1. The van der Waals surface area contributed by atoms with Gasteiger partial charge >= 0.3 is 23.9 Å². The number of carboxylic acids is 2. The smallest absolute Gasteiger partial charge is 0.337 e. The number of rotatable bonds is 23. The molecule has 0 fully saturated rings. The number of hydrogen-bond donors (Lipinski definition) is 5. The first-order valence-corrected chi connectivity index (χ1v) is 15.5. The number of ketones is 1. The lowest BCUT2D eigenvalue weighted by atomic mass is 9.82. The molecule has 250 valence electrons. The van der Waals surface area contributed by atoms with Crippen molar-refractivity contribution in [3.8, 4) is 5.75 Å². The van der Waals surface area contributed by atoms with Gasteiger partial charge in [0.15, 0.2) is 5.60 Å². The maximum absolute atomic E-state index is 13.4. The Labute approximate surface area is 263 Å². The Balaban J connectivity index is 2.92. The molecule has 1 rings (SSSR count). The van der Waals surface area contributed by atoms with Crippen LogP contribution in [0.2, 0.25) is 0 Å². The summed E-state index contributed by atoms with van der Waals surface area (Å²) in [5.74, 6) is -8.63. The van der Waals surface area contributed by atoms with Crippen molar-refractivity contribution in [3.63, 3.8) is 0 Å². The van der Waals surface area contributed by atoms with E-state index in [0.717, 1.165) is 57.9 Å². The van der Waals surface area contributed by atoms with E-state index in [1.165, 1.54) is 36.8 Å². The van der Waals surface area contributed by atoms with Crippen LogP contribution < -0.4 is 5.32 Å². The Hall–Kier alpha value is -4.06. The fourth-order valence-electron chi connectivity index (χ4n) is 4.77. The second-order valence-corrected chi connectivity index (χ2v) is 11.2. The second-order valence-electron chi connectivity index (χ2n) is 11.2. The number of unbranched alkanes of at least 4 members (excludes halogenated alkanes) is 8. The van der Waals surface area contributed by atoms with Crippen LogP contribution in [0.25, 0.3) is 0 Å². The predicted molar refractivity (Wildman–Crippen MR) is 164 cm³/mol. The van der Waals surface area contributed by atoms with Crippen LogP contribution in [0, 0.1) is 5.92 Å². The van der Waals surface area contributed by atoms with Gasteiger partial charge in [0.2, 0.25) is 5.91 Å². The fourth-order valence-corrected chi connectivity index (χ4v) is 4.77. The summed E-state index contributed by atoms with van der Waals surface area (Å²) in [6, 6.07) is 4.06. The van der Waals surface area contributed by atoms with Crippen LogP contribution in [-0.4, -0.2) is 67.6 Å². The molecule has 1 aromatic rings. The molecule has 0 heterocycles. The van der Waals surface area contributed by atoms with Crippen molar-refractivity contribution in [1.82, 2.24) is 5.32 Å². The molecule has 1 amide bonds. The van der Waals surface area contributed by atoms with Crippen LogP contribution in [0.4, 0.5) is 0 Å². The van der Waals surface area contributed by atoms with Crippen LogP contribution in [0.15, 0.2) is 36.4 Å². The highest BCUT2D eigenvalue weighted by Crippen LogP contribution is 2.26. The highest BCUT2D eigenvalue weighted by atomic mass is 16.6. The van der Waals surface area contributed by atoms with E-state index < -0.39 is 53.8 Å². The maximum Gasteiger partial charge on any atom is 0.337 e. The highest BCUT2D eigenvalue weighted by Gasteiger charge is 2.49. The molecule has 5 N–H and O–H groups in total. The molecule has 3 atom stereocenters. The Kier molecular flexibility index (Phi) is 18.0. The number of phenolic OH excluding ortho intramolecular Hbond substituents is 1. The van der Waals surface area contributed by atoms with Crippen LogP contribution >= 0.6 is 0 Å². The minimum atomic E-state index is -3.06. The standard InChI is InChI=1S/C33H47NO11/c1-3-4-5-8-11-14-25(36)15-12-9-6-7-10-13-16-27(33(44,32(42)43)22-29(38)39)30(40)34-28(31(41)45-23(2)35)21-24-17-19-26(37)20-18-24/h13,16-20,27-28,37,44H,3-12,14-15,21-22H2,1-2H3,(H,34,40)(H,38,39)(H,42,43)/b16-13+/t27-,28+,33+/m1/s1. The summed E-state index contributed by atoms with van der Waals surface area (Å²) < 4.78 is 4.63.